The molecule has 2 rings (SSSR count). The molecule has 0 radical (unpaired) electrons. The number of nitrogens with one attached hydrogen (secondary N) is 1. The minimum Gasteiger partial charge on any atom is -0.348 e. The molecule has 0 aliphatic rings. The molecule has 78 valence electrons. The number of halogens is 2. The third-order valence-electron chi connectivity index (χ3n) is 1.89. The summed E-state index contributed by atoms with van der Waals surface area (Å²) in [6.45, 7) is 0. The predicted octanol–water partition coefficient (Wildman–Crippen LogP) is 3.12. The summed E-state index contributed by atoms with van der Waals surface area (Å²) >= 11 is 10.5. The average molecular weight is 245 g/mol. The summed E-state index contributed by atoms with van der Waals surface area (Å²) in [5.41, 5.74) is 0.374. The zero-order chi connectivity index (χ0) is 10.8. The molecular formula is C9H6ClFN2OS. The van der Waals surface area contributed by atoms with Gasteiger partial charge >= 0.3 is 4.84 Å². The van der Waals surface area contributed by atoms with Crippen LogP contribution in [0.4, 0.5) is 4.39 Å². The molecule has 1 aromatic heterocycles. The van der Waals surface area contributed by atoms with E-state index in [4.69, 9.17) is 16.1 Å². The van der Waals surface area contributed by atoms with E-state index in [0.29, 0.717) is 16.4 Å². The van der Waals surface area contributed by atoms with Crippen molar-refractivity contribution in [3.8, 4) is 0 Å². The van der Waals surface area contributed by atoms with Crippen molar-refractivity contribution in [3.05, 3.63) is 45.3 Å². The maximum Gasteiger partial charge on any atom is 0.314 e. The van der Waals surface area contributed by atoms with Crippen LogP contribution >= 0.6 is 23.8 Å². The number of rotatable bonds is 2. The van der Waals surface area contributed by atoms with Gasteiger partial charge < -0.3 is 4.52 Å². The molecule has 6 heteroatoms. The van der Waals surface area contributed by atoms with Gasteiger partial charge in [-0.25, -0.2) is 9.55 Å². The first-order valence-electron chi connectivity index (χ1n) is 4.14. The Morgan fingerprint density at radius 1 is 1.53 bits per heavy atom. The quantitative estimate of drug-likeness (QED) is 0.826. The van der Waals surface area contributed by atoms with E-state index in [1.165, 1.54) is 6.07 Å². The van der Waals surface area contributed by atoms with Gasteiger partial charge in [-0.05, 0) is 24.4 Å². The first-order chi connectivity index (χ1) is 7.16. The Morgan fingerprint density at radius 2 is 2.33 bits per heavy atom. The summed E-state index contributed by atoms with van der Waals surface area (Å²) < 4.78 is 18.1. The smallest absolute Gasteiger partial charge is 0.314 e. The van der Waals surface area contributed by atoms with Crippen molar-refractivity contribution < 1.29 is 8.91 Å². The molecule has 1 heterocycles. The van der Waals surface area contributed by atoms with Crippen molar-refractivity contribution in [1.29, 1.82) is 0 Å². The van der Waals surface area contributed by atoms with Gasteiger partial charge in [0.1, 0.15) is 11.6 Å². The monoisotopic (exact) mass is 244 g/mol. The van der Waals surface area contributed by atoms with Gasteiger partial charge in [0.25, 0.3) is 0 Å². The van der Waals surface area contributed by atoms with E-state index in [2.05, 4.69) is 22.4 Å². The van der Waals surface area contributed by atoms with Crippen LogP contribution in [0.3, 0.4) is 0 Å². The van der Waals surface area contributed by atoms with E-state index in [0.717, 1.165) is 0 Å². The fourth-order valence-corrected chi connectivity index (χ4v) is 1.58. The summed E-state index contributed by atoms with van der Waals surface area (Å²) in [6, 6.07) is 4.51. The van der Waals surface area contributed by atoms with E-state index in [1.54, 1.807) is 12.1 Å². The van der Waals surface area contributed by atoms with Crippen LogP contribution in [0.1, 0.15) is 11.4 Å². The average Bonchev–Trinajstić information content (AvgIpc) is 2.58. The van der Waals surface area contributed by atoms with E-state index in [9.17, 15) is 4.39 Å². The number of benzene rings is 1. The van der Waals surface area contributed by atoms with Crippen LogP contribution in [0, 0.1) is 10.7 Å². The van der Waals surface area contributed by atoms with Crippen LogP contribution in [0.15, 0.2) is 22.7 Å². The van der Waals surface area contributed by atoms with Gasteiger partial charge in [-0.2, -0.15) is 4.98 Å². The molecule has 2 aromatic rings. The minimum absolute atomic E-state index is 0.0949. The second-order valence-electron chi connectivity index (χ2n) is 2.91. The number of aromatic nitrogens is 2. The Hall–Kier alpha value is -1.20. The molecular weight excluding hydrogens is 239 g/mol. The number of hydrogen-bond donors (Lipinski definition) is 1. The largest absolute Gasteiger partial charge is 0.348 e. The Balaban J connectivity index is 2.35. The maximum absolute atomic E-state index is 13.4. The van der Waals surface area contributed by atoms with E-state index in [-0.39, 0.29) is 17.1 Å². The molecule has 0 fully saturated rings. The molecule has 0 saturated heterocycles. The standard InChI is InChI=1S/C9H6ClFN2OS/c10-6-2-1-3-7(11)5(6)4-8-12-9(15)14-13-8/h1-3H,4H2,(H,12,13,15). The zero-order valence-electron chi connectivity index (χ0n) is 7.46. The minimum atomic E-state index is -0.371. The van der Waals surface area contributed by atoms with Gasteiger partial charge in [-0.3, -0.25) is 0 Å². The lowest BCUT2D eigenvalue weighted by Crippen LogP contribution is -1.95. The molecule has 0 unspecified atom stereocenters. The highest BCUT2D eigenvalue weighted by Crippen LogP contribution is 2.20. The predicted molar refractivity (Wildman–Crippen MR) is 55.9 cm³/mol. The molecule has 0 spiro atoms. The van der Waals surface area contributed by atoms with Crippen molar-refractivity contribution in [2.75, 3.05) is 0 Å². The first-order valence-corrected chi connectivity index (χ1v) is 4.92. The van der Waals surface area contributed by atoms with Crippen LogP contribution in [0.25, 0.3) is 0 Å². The van der Waals surface area contributed by atoms with Crippen LogP contribution in [0.5, 0.6) is 0 Å². The molecule has 0 saturated carbocycles. The number of hydrogen-bond acceptors (Lipinski definition) is 3. The van der Waals surface area contributed by atoms with Crippen LogP contribution < -0.4 is 0 Å². The Labute approximate surface area is 94.9 Å². The van der Waals surface area contributed by atoms with Gasteiger partial charge in [0.05, 0.1) is 0 Å². The second-order valence-corrected chi connectivity index (χ2v) is 3.66. The topological polar surface area (TPSA) is 41.8 Å². The van der Waals surface area contributed by atoms with Gasteiger partial charge in [-0.15, -0.1) is 0 Å². The summed E-state index contributed by atoms with van der Waals surface area (Å²) in [7, 11) is 0. The molecule has 0 aliphatic heterocycles. The summed E-state index contributed by atoms with van der Waals surface area (Å²) in [5.74, 6) is 0.0804. The van der Waals surface area contributed by atoms with Gasteiger partial charge in [0.2, 0.25) is 0 Å². The SMILES string of the molecule is Fc1cccc(Cl)c1Cc1nc(=S)o[nH]1. The fourth-order valence-electron chi connectivity index (χ4n) is 1.20. The molecule has 0 atom stereocenters. The lowest BCUT2D eigenvalue weighted by molar-refractivity contribution is 0.399. The molecule has 1 N–H and O–H groups in total. The van der Waals surface area contributed by atoms with Gasteiger partial charge in [0, 0.05) is 17.0 Å². The number of nitrogens with zero attached hydrogens (tertiary/aromatic N) is 1. The van der Waals surface area contributed by atoms with E-state index < -0.39 is 0 Å². The Kier molecular flexibility index (Phi) is 2.83. The fraction of sp³-hybridized carbons (Fsp3) is 0.111. The molecule has 3 nitrogen and oxygen atoms in total. The zero-order valence-corrected chi connectivity index (χ0v) is 9.03. The Morgan fingerprint density at radius 3 is 2.93 bits per heavy atom. The van der Waals surface area contributed by atoms with Crippen LogP contribution in [-0.4, -0.2) is 10.1 Å². The molecule has 0 aliphatic carbocycles. The lowest BCUT2D eigenvalue weighted by Gasteiger charge is -2.02. The van der Waals surface area contributed by atoms with Crippen LogP contribution in [0.2, 0.25) is 5.02 Å². The highest BCUT2D eigenvalue weighted by molar-refractivity contribution is 7.71. The summed E-state index contributed by atoms with van der Waals surface area (Å²) in [4.78, 5) is 3.95. The highest BCUT2D eigenvalue weighted by Gasteiger charge is 2.09. The van der Waals surface area contributed by atoms with Crippen molar-refractivity contribution in [2.45, 2.75) is 6.42 Å². The highest BCUT2D eigenvalue weighted by atomic mass is 35.5. The molecule has 15 heavy (non-hydrogen) atoms. The molecule has 1 aromatic carbocycles. The van der Waals surface area contributed by atoms with E-state index in [1.807, 2.05) is 0 Å². The van der Waals surface area contributed by atoms with Crippen molar-refractivity contribution in [2.24, 2.45) is 0 Å². The van der Waals surface area contributed by atoms with Crippen molar-refractivity contribution in [1.82, 2.24) is 10.1 Å². The third kappa shape index (κ3) is 2.24. The number of aromatic amines is 1. The normalized spacial score (nSPS) is 10.5. The van der Waals surface area contributed by atoms with E-state index >= 15 is 0 Å². The maximum atomic E-state index is 13.4. The number of H-pyrrole nitrogens is 1. The van der Waals surface area contributed by atoms with Crippen molar-refractivity contribution in [3.63, 3.8) is 0 Å². The molecule has 0 bridgehead atoms. The summed E-state index contributed by atoms with van der Waals surface area (Å²) in [6.07, 6.45) is 0.228. The first kappa shape index (κ1) is 10.3. The Bertz CT molecular complexity index is 517. The van der Waals surface area contributed by atoms with Crippen molar-refractivity contribution >= 4 is 23.8 Å². The van der Waals surface area contributed by atoms with Crippen LogP contribution in [-0.2, 0) is 6.42 Å². The van der Waals surface area contributed by atoms with Gasteiger partial charge in [0.15, 0.2) is 0 Å². The summed E-state index contributed by atoms with van der Waals surface area (Å²) in [5, 5.41) is 2.85. The van der Waals surface area contributed by atoms with Gasteiger partial charge in [-0.1, -0.05) is 17.7 Å². The lowest BCUT2D eigenvalue weighted by atomic mass is 10.1. The third-order valence-corrected chi connectivity index (χ3v) is 2.42. The second kappa shape index (κ2) is 4.12. The molecule has 0 amide bonds.